The number of phenolic OH excluding ortho intramolecular Hbond substituents is 1. The summed E-state index contributed by atoms with van der Waals surface area (Å²) in [5.41, 5.74) is 0.917. The van der Waals surface area contributed by atoms with Gasteiger partial charge in [0.2, 0.25) is 0 Å². The fourth-order valence-corrected chi connectivity index (χ4v) is 3.71. The molecule has 0 radical (unpaired) electrons. The van der Waals surface area contributed by atoms with E-state index in [0.717, 1.165) is 16.3 Å². The number of hydrogen-bond acceptors (Lipinski definition) is 1. The third-order valence-corrected chi connectivity index (χ3v) is 4.82. The van der Waals surface area contributed by atoms with Gasteiger partial charge in [0.05, 0.1) is 0 Å². The van der Waals surface area contributed by atoms with Crippen LogP contribution in [0.3, 0.4) is 0 Å². The molecule has 0 fully saturated rings. The zero-order valence-corrected chi connectivity index (χ0v) is 12.2. The smallest absolute Gasteiger partial charge is 0.126 e. The van der Waals surface area contributed by atoms with Crippen LogP contribution in [0, 0.1) is 6.92 Å². The van der Waals surface area contributed by atoms with Crippen molar-refractivity contribution in [2.75, 3.05) is 0 Å². The van der Waals surface area contributed by atoms with Crippen LogP contribution in [0.15, 0.2) is 60.7 Å². The molecule has 0 spiro atoms. The maximum atomic E-state index is 10.4. The highest BCUT2D eigenvalue weighted by molar-refractivity contribution is 6.29. The first kappa shape index (κ1) is 11.8. The van der Waals surface area contributed by atoms with Crippen molar-refractivity contribution in [1.29, 1.82) is 0 Å². The van der Waals surface area contributed by atoms with Gasteiger partial charge in [-0.1, -0.05) is 54.6 Å². The Morgan fingerprint density at radius 1 is 0.636 bits per heavy atom. The molecule has 0 bridgehead atoms. The SMILES string of the molecule is Cc1ccc2c(cc3ccc4cccc5ccc2c3c45)c1O. The van der Waals surface area contributed by atoms with Gasteiger partial charge in [0.25, 0.3) is 0 Å². The van der Waals surface area contributed by atoms with E-state index in [-0.39, 0.29) is 0 Å². The van der Waals surface area contributed by atoms with Crippen molar-refractivity contribution >= 4 is 43.1 Å². The van der Waals surface area contributed by atoms with Gasteiger partial charge in [0.15, 0.2) is 0 Å². The summed E-state index contributed by atoms with van der Waals surface area (Å²) in [7, 11) is 0. The Bertz CT molecular complexity index is 1170. The molecule has 5 rings (SSSR count). The molecule has 0 aliphatic carbocycles. The summed E-state index contributed by atoms with van der Waals surface area (Å²) in [5.74, 6) is 0.392. The molecule has 0 atom stereocenters. The van der Waals surface area contributed by atoms with Crippen LogP contribution in [0.2, 0.25) is 0 Å². The topological polar surface area (TPSA) is 20.2 Å². The van der Waals surface area contributed by atoms with E-state index in [1.54, 1.807) is 0 Å². The van der Waals surface area contributed by atoms with Crippen molar-refractivity contribution in [3.8, 4) is 5.75 Å². The zero-order chi connectivity index (χ0) is 14.8. The Hall–Kier alpha value is -2.80. The Morgan fingerprint density at radius 2 is 1.32 bits per heavy atom. The second-order valence-corrected chi connectivity index (χ2v) is 6.06. The molecule has 1 heteroatoms. The van der Waals surface area contributed by atoms with Crippen LogP contribution in [0.25, 0.3) is 43.1 Å². The maximum absolute atomic E-state index is 10.4. The first-order valence-corrected chi connectivity index (χ1v) is 7.53. The van der Waals surface area contributed by atoms with Crippen LogP contribution in [-0.2, 0) is 0 Å². The van der Waals surface area contributed by atoms with Crippen LogP contribution in [0.1, 0.15) is 5.56 Å². The van der Waals surface area contributed by atoms with E-state index in [2.05, 4.69) is 54.6 Å². The molecule has 0 saturated carbocycles. The van der Waals surface area contributed by atoms with E-state index >= 15 is 0 Å². The molecular formula is C21H14O. The second kappa shape index (κ2) is 3.89. The minimum atomic E-state index is 0.392. The summed E-state index contributed by atoms with van der Waals surface area (Å²) in [4.78, 5) is 0. The van der Waals surface area contributed by atoms with E-state index in [4.69, 9.17) is 0 Å². The van der Waals surface area contributed by atoms with Gasteiger partial charge in [0, 0.05) is 5.39 Å². The van der Waals surface area contributed by atoms with Gasteiger partial charge in [0.1, 0.15) is 5.75 Å². The van der Waals surface area contributed by atoms with Crippen LogP contribution in [0.4, 0.5) is 0 Å². The second-order valence-electron chi connectivity index (χ2n) is 6.06. The van der Waals surface area contributed by atoms with Crippen LogP contribution >= 0.6 is 0 Å². The van der Waals surface area contributed by atoms with Gasteiger partial charge in [-0.15, -0.1) is 0 Å². The number of benzene rings is 5. The predicted molar refractivity (Wildman–Crippen MR) is 94.1 cm³/mol. The van der Waals surface area contributed by atoms with Crippen molar-refractivity contribution in [3.05, 3.63) is 66.2 Å². The average Bonchev–Trinajstić information content (AvgIpc) is 2.56. The lowest BCUT2D eigenvalue weighted by molar-refractivity contribution is 0.477. The highest BCUT2D eigenvalue weighted by atomic mass is 16.3. The van der Waals surface area contributed by atoms with Crippen LogP contribution in [0.5, 0.6) is 5.75 Å². The van der Waals surface area contributed by atoms with Gasteiger partial charge in [-0.05, 0) is 56.3 Å². The summed E-state index contributed by atoms with van der Waals surface area (Å²) < 4.78 is 0. The van der Waals surface area contributed by atoms with E-state index in [1.807, 2.05) is 13.0 Å². The van der Waals surface area contributed by atoms with E-state index < -0.39 is 0 Å². The third kappa shape index (κ3) is 1.33. The van der Waals surface area contributed by atoms with E-state index in [1.165, 1.54) is 32.3 Å². The quantitative estimate of drug-likeness (QED) is 0.283. The number of aromatic hydroxyl groups is 1. The van der Waals surface area contributed by atoms with Crippen molar-refractivity contribution in [2.45, 2.75) is 6.92 Å². The van der Waals surface area contributed by atoms with Crippen molar-refractivity contribution in [1.82, 2.24) is 0 Å². The first-order valence-electron chi connectivity index (χ1n) is 7.53. The highest BCUT2D eigenvalue weighted by Gasteiger charge is 2.12. The molecular weight excluding hydrogens is 268 g/mol. The Balaban J connectivity index is 2.18. The molecule has 5 aromatic rings. The molecule has 0 aliphatic heterocycles. The van der Waals surface area contributed by atoms with E-state index in [0.29, 0.717) is 5.75 Å². The van der Waals surface area contributed by atoms with Gasteiger partial charge < -0.3 is 5.11 Å². The number of phenols is 1. The molecule has 0 amide bonds. The monoisotopic (exact) mass is 282 g/mol. The molecule has 1 N–H and O–H groups in total. The summed E-state index contributed by atoms with van der Waals surface area (Å²) in [5, 5.41) is 20.1. The summed E-state index contributed by atoms with van der Waals surface area (Å²) in [6.07, 6.45) is 0. The Kier molecular flexibility index (Phi) is 2.09. The largest absolute Gasteiger partial charge is 0.507 e. The fourth-order valence-electron chi connectivity index (χ4n) is 3.71. The number of aryl methyl sites for hydroxylation is 1. The molecule has 0 aliphatic rings. The predicted octanol–water partition coefficient (Wildman–Crippen LogP) is 5.75. The van der Waals surface area contributed by atoms with Gasteiger partial charge in [-0.3, -0.25) is 0 Å². The summed E-state index contributed by atoms with van der Waals surface area (Å²) in [6.45, 7) is 1.94. The minimum absolute atomic E-state index is 0.392. The normalized spacial score (nSPS) is 12.0. The molecule has 22 heavy (non-hydrogen) atoms. The number of fused-ring (bicyclic) bond motifs is 2. The minimum Gasteiger partial charge on any atom is -0.507 e. The maximum Gasteiger partial charge on any atom is 0.126 e. The third-order valence-electron chi connectivity index (χ3n) is 4.82. The number of hydrogen-bond donors (Lipinski definition) is 1. The molecule has 5 aromatic carbocycles. The zero-order valence-electron chi connectivity index (χ0n) is 12.2. The van der Waals surface area contributed by atoms with Crippen molar-refractivity contribution < 1.29 is 5.11 Å². The molecule has 0 unspecified atom stereocenters. The summed E-state index contributed by atoms with van der Waals surface area (Å²) >= 11 is 0. The highest BCUT2D eigenvalue weighted by Crippen LogP contribution is 2.41. The lowest BCUT2D eigenvalue weighted by Crippen LogP contribution is -1.86. The lowest BCUT2D eigenvalue weighted by Gasteiger charge is -2.14. The average molecular weight is 282 g/mol. The molecule has 0 saturated heterocycles. The fraction of sp³-hybridized carbons (Fsp3) is 0.0476. The first-order chi connectivity index (χ1) is 10.7. The summed E-state index contributed by atoms with van der Waals surface area (Å²) in [6, 6.07) is 21.4. The molecule has 0 aromatic heterocycles. The van der Waals surface area contributed by atoms with Crippen LogP contribution in [-0.4, -0.2) is 5.11 Å². The Morgan fingerprint density at radius 3 is 2.14 bits per heavy atom. The van der Waals surface area contributed by atoms with Gasteiger partial charge in [-0.2, -0.15) is 0 Å². The molecule has 104 valence electrons. The lowest BCUT2D eigenvalue weighted by atomic mass is 9.90. The van der Waals surface area contributed by atoms with Gasteiger partial charge in [-0.25, -0.2) is 0 Å². The Labute approximate surface area is 127 Å². The van der Waals surface area contributed by atoms with Gasteiger partial charge >= 0.3 is 0 Å². The van der Waals surface area contributed by atoms with Crippen molar-refractivity contribution in [3.63, 3.8) is 0 Å². The van der Waals surface area contributed by atoms with E-state index in [9.17, 15) is 5.11 Å². The standard InChI is InChI=1S/C21H14O/c1-12-5-9-16-17-10-8-14-4-2-3-13-6-7-15(20(17)19(13)14)11-18(16)21(12)22/h2-11,22H,1H3. The molecule has 1 nitrogen and oxygen atoms in total. The molecule has 0 heterocycles. The number of rotatable bonds is 0. The van der Waals surface area contributed by atoms with Crippen molar-refractivity contribution in [2.24, 2.45) is 0 Å². The van der Waals surface area contributed by atoms with Crippen LogP contribution < -0.4 is 0 Å².